The second-order valence-corrected chi connectivity index (χ2v) is 15.6. The standard InChI is InChI=1S/C35H55F5O4/c1-32-20-18-26(41)21-25(32)14-15-27-28-16-17-29(42)33(28,2)22-24(30(27)32)12-9-7-5-3-4-6-8-11-23(31(43)44)13-10-19-34(36,37)35(38,39)40/h23-25,27-30,42H,3-22H2,1-2H3,(H,43,44)/t23?,24?,25?,27-,28-,29?,30+,32-,33-/m0/s1. The lowest BCUT2D eigenvalue weighted by Gasteiger charge is -2.62. The summed E-state index contributed by atoms with van der Waals surface area (Å²) in [5.74, 6) is -3.39. The number of carboxylic acid groups (broad SMARTS) is 1. The number of aliphatic carboxylic acids is 1. The first-order chi connectivity index (χ1) is 20.6. The summed E-state index contributed by atoms with van der Waals surface area (Å²) < 4.78 is 63.3. The molecular weight excluding hydrogens is 579 g/mol. The summed E-state index contributed by atoms with van der Waals surface area (Å²) >= 11 is 0. The van der Waals surface area contributed by atoms with E-state index >= 15 is 0 Å². The van der Waals surface area contributed by atoms with E-state index in [9.17, 15) is 41.8 Å². The molecule has 0 aromatic rings. The van der Waals surface area contributed by atoms with E-state index < -0.39 is 36.8 Å². The molecule has 0 saturated heterocycles. The fraction of sp³-hybridized carbons (Fsp3) is 0.943. The molecule has 0 amide bonds. The van der Waals surface area contributed by atoms with Gasteiger partial charge in [-0.05, 0) is 98.2 Å². The molecule has 9 atom stereocenters. The van der Waals surface area contributed by atoms with E-state index in [0.29, 0.717) is 54.6 Å². The van der Waals surface area contributed by atoms with Crippen LogP contribution in [0.25, 0.3) is 0 Å². The average molecular weight is 635 g/mol. The molecule has 4 aliphatic rings. The van der Waals surface area contributed by atoms with Crippen LogP contribution in [0.3, 0.4) is 0 Å². The van der Waals surface area contributed by atoms with Crippen molar-refractivity contribution in [3.63, 3.8) is 0 Å². The van der Waals surface area contributed by atoms with Crippen molar-refractivity contribution in [1.29, 1.82) is 0 Å². The Morgan fingerprint density at radius 3 is 2.18 bits per heavy atom. The number of fused-ring (bicyclic) bond motifs is 5. The van der Waals surface area contributed by atoms with Crippen LogP contribution in [0, 0.1) is 46.3 Å². The molecular formula is C35H55F5O4. The van der Waals surface area contributed by atoms with E-state index in [4.69, 9.17) is 0 Å². The molecule has 4 fully saturated rings. The average Bonchev–Trinajstić information content (AvgIpc) is 3.24. The molecule has 4 unspecified atom stereocenters. The monoisotopic (exact) mass is 634 g/mol. The van der Waals surface area contributed by atoms with Crippen molar-refractivity contribution in [3.05, 3.63) is 0 Å². The van der Waals surface area contributed by atoms with Gasteiger partial charge in [-0.1, -0.05) is 65.2 Å². The summed E-state index contributed by atoms with van der Waals surface area (Å²) in [5, 5.41) is 20.4. The molecule has 4 aliphatic carbocycles. The largest absolute Gasteiger partial charge is 0.481 e. The van der Waals surface area contributed by atoms with Crippen molar-refractivity contribution in [3.8, 4) is 0 Å². The summed E-state index contributed by atoms with van der Waals surface area (Å²) in [6, 6.07) is 0. The lowest BCUT2D eigenvalue weighted by Crippen LogP contribution is -2.57. The summed E-state index contributed by atoms with van der Waals surface area (Å²) in [5.41, 5.74) is 0.232. The van der Waals surface area contributed by atoms with Crippen LogP contribution in [-0.4, -0.2) is 40.2 Å². The maximum absolute atomic E-state index is 13.1. The number of carboxylic acids is 1. The maximum Gasteiger partial charge on any atom is 0.453 e. The minimum Gasteiger partial charge on any atom is -0.481 e. The Labute approximate surface area is 260 Å². The molecule has 0 aliphatic heterocycles. The first-order valence-electron chi connectivity index (χ1n) is 17.5. The van der Waals surface area contributed by atoms with Crippen LogP contribution in [0.5, 0.6) is 0 Å². The lowest BCUT2D eigenvalue weighted by molar-refractivity contribution is -0.284. The first-order valence-corrected chi connectivity index (χ1v) is 17.5. The van der Waals surface area contributed by atoms with E-state index in [-0.39, 0.29) is 23.4 Å². The molecule has 0 radical (unpaired) electrons. The molecule has 44 heavy (non-hydrogen) atoms. The zero-order valence-electron chi connectivity index (χ0n) is 26.8. The van der Waals surface area contributed by atoms with Crippen molar-refractivity contribution >= 4 is 11.8 Å². The van der Waals surface area contributed by atoms with Crippen LogP contribution in [0.1, 0.15) is 142 Å². The number of alkyl halides is 5. The fourth-order valence-electron chi connectivity index (χ4n) is 10.5. The van der Waals surface area contributed by atoms with Gasteiger partial charge >= 0.3 is 18.1 Å². The quantitative estimate of drug-likeness (QED) is 0.139. The molecule has 254 valence electrons. The molecule has 4 saturated carbocycles. The summed E-state index contributed by atoms with van der Waals surface area (Å²) in [6.07, 6.45) is 8.41. The van der Waals surface area contributed by atoms with Crippen molar-refractivity contribution in [2.24, 2.45) is 46.3 Å². The summed E-state index contributed by atoms with van der Waals surface area (Å²) in [6.45, 7) is 4.82. The van der Waals surface area contributed by atoms with Crippen molar-refractivity contribution < 1.29 is 41.8 Å². The second kappa shape index (κ2) is 14.3. The number of aliphatic hydroxyl groups excluding tert-OH is 1. The summed E-state index contributed by atoms with van der Waals surface area (Å²) in [4.78, 5) is 23.8. The fourth-order valence-corrected chi connectivity index (χ4v) is 10.5. The van der Waals surface area contributed by atoms with E-state index in [0.717, 1.165) is 77.0 Å². The lowest BCUT2D eigenvalue weighted by atomic mass is 9.42. The first kappa shape index (κ1) is 35.6. The molecule has 4 rings (SSSR count). The van der Waals surface area contributed by atoms with Gasteiger partial charge in [0.1, 0.15) is 5.78 Å². The van der Waals surface area contributed by atoms with Gasteiger partial charge in [0, 0.05) is 19.3 Å². The third-order valence-corrected chi connectivity index (χ3v) is 12.9. The molecule has 4 nitrogen and oxygen atoms in total. The van der Waals surface area contributed by atoms with Crippen LogP contribution in [0.4, 0.5) is 22.0 Å². The Balaban J connectivity index is 1.19. The Morgan fingerprint density at radius 2 is 1.52 bits per heavy atom. The van der Waals surface area contributed by atoms with Gasteiger partial charge in [0.15, 0.2) is 0 Å². The zero-order chi connectivity index (χ0) is 32.3. The van der Waals surface area contributed by atoms with Gasteiger partial charge in [0.25, 0.3) is 0 Å². The zero-order valence-corrected chi connectivity index (χ0v) is 26.8. The molecule has 0 heterocycles. The second-order valence-electron chi connectivity index (χ2n) is 15.6. The number of halogens is 5. The minimum atomic E-state index is -5.60. The van der Waals surface area contributed by atoms with Crippen molar-refractivity contribution in [1.82, 2.24) is 0 Å². The number of carbonyl (C=O) groups is 2. The molecule has 0 aromatic heterocycles. The molecule has 0 spiro atoms. The number of unbranched alkanes of at least 4 members (excludes halogenated alkanes) is 6. The van der Waals surface area contributed by atoms with Gasteiger partial charge in [0.2, 0.25) is 0 Å². The number of hydrogen-bond donors (Lipinski definition) is 2. The smallest absolute Gasteiger partial charge is 0.453 e. The number of aliphatic hydroxyl groups is 1. The van der Waals surface area contributed by atoms with Gasteiger partial charge in [-0.25, -0.2) is 0 Å². The Morgan fingerprint density at radius 1 is 0.886 bits per heavy atom. The molecule has 2 N–H and O–H groups in total. The summed E-state index contributed by atoms with van der Waals surface area (Å²) in [7, 11) is 0. The highest BCUT2D eigenvalue weighted by molar-refractivity contribution is 5.79. The van der Waals surface area contributed by atoms with Gasteiger partial charge < -0.3 is 10.2 Å². The van der Waals surface area contributed by atoms with Crippen LogP contribution < -0.4 is 0 Å². The predicted molar refractivity (Wildman–Crippen MR) is 159 cm³/mol. The van der Waals surface area contributed by atoms with Crippen LogP contribution >= 0.6 is 0 Å². The topological polar surface area (TPSA) is 74.6 Å². The Kier molecular flexibility index (Phi) is 11.5. The van der Waals surface area contributed by atoms with E-state index in [1.807, 2.05) is 0 Å². The number of rotatable bonds is 15. The van der Waals surface area contributed by atoms with E-state index in [1.54, 1.807) is 0 Å². The number of carbonyl (C=O) groups excluding carboxylic acids is 1. The molecule has 0 bridgehead atoms. The third kappa shape index (κ3) is 7.65. The number of Topliss-reactive ketones (excluding diaryl/α,β-unsaturated/α-hetero) is 1. The number of hydrogen-bond acceptors (Lipinski definition) is 3. The van der Waals surface area contributed by atoms with Crippen LogP contribution in [-0.2, 0) is 9.59 Å². The highest BCUT2D eigenvalue weighted by Gasteiger charge is 2.62. The van der Waals surface area contributed by atoms with E-state index in [1.165, 1.54) is 12.8 Å². The molecule has 0 aromatic carbocycles. The van der Waals surface area contributed by atoms with E-state index in [2.05, 4.69) is 13.8 Å². The maximum atomic E-state index is 13.1. The minimum absolute atomic E-state index is 0.00648. The van der Waals surface area contributed by atoms with Gasteiger partial charge in [-0.3, -0.25) is 9.59 Å². The van der Waals surface area contributed by atoms with Crippen molar-refractivity contribution in [2.75, 3.05) is 0 Å². The van der Waals surface area contributed by atoms with Gasteiger partial charge in [-0.2, -0.15) is 22.0 Å². The highest BCUT2D eigenvalue weighted by atomic mass is 19.4. The number of ketones is 1. The predicted octanol–water partition coefficient (Wildman–Crippen LogP) is 9.76. The Bertz CT molecular complexity index is 985. The SMILES string of the molecule is C[C@]12CCC(=O)CC1CC[C@@H]1[C@H]2C(CCCCCCCCCC(CCCC(F)(F)C(F)(F)F)C(=O)O)C[C@]2(C)C(O)CC[C@@H]12. The molecule has 9 heteroatoms. The van der Waals surface area contributed by atoms with Gasteiger partial charge in [0.05, 0.1) is 12.0 Å². The van der Waals surface area contributed by atoms with Crippen LogP contribution in [0.15, 0.2) is 0 Å². The third-order valence-electron chi connectivity index (χ3n) is 12.9. The van der Waals surface area contributed by atoms with Crippen molar-refractivity contribution in [2.45, 2.75) is 160 Å². The van der Waals surface area contributed by atoms with Gasteiger partial charge in [-0.15, -0.1) is 0 Å². The normalized spacial score (nSPS) is 36.4. The highest BCUT2D eigenvalue weighted by Crippen LogP contribution is 2.68. The Hall–Kier alpha value is -1.25. The van der Waals surface area contributed by atoms with Crippen LogP contribution in [0.2, 0.25) is 0 Å².